The van der Waals surface area contributed by atoms with E-state index in [1.807, 2.05) is 20.8 Å². The Kier molecular flexibility index (Phi) is 9.54. The van der Waals surface area contributed by atoms with E-state index in [0.717, 1.165) is 11.8 Å². The fraction of sp³-hybridized carbons (Fsp3) is 0.360. The summed E-state index contributed by atoms with van der Waals surface area (Å²) in [6.07, 6.45) is 0.389. The molecule has 9 nitrogen and oxygen atoms in total. The standard InChI is InChI=1S/C25H29N3O6S/c1-5-22(30)26-18-11-9-16(10-12-18)19(29)15-35-25-28-27-24(34-25)17-13-20(31-6-2)23(33-8-4)21(14-17)32-7-3/h9-14H,5-8,15H2,1-4H3,(H,26,30). The number of rotatable bonds is 13. The Bertz CT molecular complexity index is 1120. The van der Waals surface area contributed by atoms with Crippen LogP contribution in [0, 0.1) is 0 Å². The van der Waals surface area contributed by atoms with Crippen molar-refractivity contribution in [3.8, 4) is 28.7 Å². The lowest BCUT2D eigenvalue weighted by atomic mass is 10.1. The van der Waals surface area contributed by atoms with E-state index in [0.29, 0.717) is 60.3 Å². The van der Waals surface area contributed by atoms with Crippen LogP contribution in [0.1, 0.15) is 44.5 Å². The zero-order valence-electron chi connectivity index (χ0n) is 20.3. The summed E-state index contributed by atoms with van der Waals surface area (Å²) in [5.41, 5.74) is 1.80. The van der Waals surface area contributed by atoms with Gasteiger partial charge in [0.2, 0.25) is 17.5 Å². The van der Waals surface area contributed by atoms with Crippen LogP contribution in [0.5, 0.6) is 17.2 Å². The van der Waals surface area contributed by atoms with Gasteiger partial charge in [0.05, 0.1) is 25.6 Å². The molecular formula is C25H29N3O6S. The van der Waals surface area contributed by atoms with Gasteiger partial charge in [-0.05, 0) is 57.2 Å². The smallest absolute Gasteiger partial charge is 0.277 e. The molecule has 0 bridgehead atoms. The summed E-state index contributed by atoms with van der Waals surface area (Å²) in [6, 6.07) is 10.3. The van der Waals surface area contributed by atoms with Gasteiger partial charge in [0, 0.05) is 23.2 Å². The first kappa shape index (κ1) is 26.1. The molecule has 0 saturated carbocycles. The second-order valence-corrected chi connectivity index (χ2v) is 8.09. The number of ether oxygens (including phenoxy) is 3. The van der Waals surface area contributed by atoms with Crippen molar-refractivity contribution in [2.24, 2.45) is 0 Å². The molecule has 0 saturated heterocycles. The summed E-state index contributed by atoms with van der Waals surface area (Å²) in [7, 11) is 0. The number of aromatic nitrogens is 2. The Morgan fingerprint density at radius 1 is 0.914 bits per heavy atom. The molecular weight excluding hydrogens is 470 g/mol. The number of Topliss-reactive ketones (excluding diaryl/α,β-unsaturated/α-hetero) is 1. The second-order valence-electron chi connectivity index (χ2n) is 7.16. The molecule has 0 fully saturated rings. The van der Waals surface area contributed by atoms with E-state index in [1.54, 1.807) is 43.3 Å². The quantitative estimate of drug-likeness (QED) is 0.249. The van der Waals surface area contributed by atoms with Crippen molar-refractivity contribution in [3.05, 3.63) is 42.0 Å². The van der Waals surface area contributed by atoms with Gasteiger partial charge in [-0.25, -0.2) is 0 Å². The molecule has 186 valence electrons. The van der Waals surface area contributed by atoms with Crippen LogP contribution in [0.25, 0.3) is 11.5 Å². The number of carbonyl (C=O) groups excluding carboxylic acids is 2. The molecule has 0 spiro atoms. The Morgan fingerprint density at radius 3 is 2.11 bits per heavy atom. The zero-order chi connectivity index (χ0) is 25.2. The SMILES string of the molecule is CCOc1cc(-c2nnc(SCC(=O)c3ccc(NC(=O)CC)cc3)o2)cc(OCC)c1OCC. The van der Waals surface area contributed by atoms with Crippen molar-refractivity contribution in [1.29, 1.82) is 0 Å². The van der Waals surface area contributed by atoms with Crippen LogP contribution < -0.4 is 19.5 Å². The number of nitrogens with zero attached hydrogens (tertiary/aromatic N) is 2. The summed E-state index contributed by atoms with van der Waals surface area (Å²) in [4.78, 5) is 24.1. The highest BCUT2D eigenvalue weighted by Gasteiger charge is 2.19. The van der Waals surface area contributed by atoms with Crippen LogP contribution in [-0.2, 0) is 4.79 Å². The van der Waals surface area contributed by atoms with E-state index in [4.69, 9.17) is 18.6 Å². The predicted octanol–water partition coefficient (Wildman–Crippen LogP) is 5.26. The summed E-state index contributed by atoms with van der Waals surface area (Å²) in [5.74, 6) is 1.80. The lowest BCUT2D eigenvalue weighted by molar-refractivity contribution is -0.115. The number of nitrogens with one attached hydrogen (secondary N) is 1. The third kappa shape index (κ3) is 6.98. The van der Waals surface area contributed by atoms with Gasteiger partial charge < -0.3 is 23.9 Å². The molecule has 1 amide bonds. The van der Waals surface area contributed by atoms with Gasteiger partial charge in [0.15, 0.2) is 17.3 Å². The molecule has 2 aromatic carbocycles. The van der Waals surface area contributed by atoms with Gasteiger partial charge >= 0.3 is 0 Å². The first-order valence-electron chi connectivity index (χ1n) is 11.4. The van der Waals surface area contributed by atoms with Gasteiger partial charge in [-0.1, -0.05) is 18.7 Å². The highest BCUT2D eigenvalue weighted by molar-refractivity contribution is 7.99. The lowest BCUT2D eigenvalue weighted by Crippen LogP contribution is -2.09. The number of hydrogen-bond acceptors (Lipinski definition) is 9. The molecule has 10 heteroatoms. The summed E-state index contributed by atoms with van der Waals surface area (Å²) >= 11 is 1.15. The number of thioether (sulfide) groups is 1. The average molecular weight is 500 g/mol. The molecule has 1 N–H and O–H groups in total. The molecule has 0 atom stereocenters. The molecule has 35 heavy (non-hydrogen) atoms. The Balaban J connectivity index is 1.71. The first-order chi connectivity index (χ1) is 17.0. The summed E-state index contributed by atoms with van der Waals surface area (Å²) < 4.78 is 23.0. The monoisotopic (exact) mass is 499 g/mol. The van der Waals surface area contributed by atoms with Gasteiger partial charge in [-0.15, -0.1) is 10.2 Å². The van der Waals surface area contributed by atoms with Crippen molar-refractivity contribution in [2.75, 3.05) is 30.9 Å². The molecule has 0 aliphatic heterocycles. The molecule has 1 heterocycles. The van der Waals surface area contributed by atoms with E-state index < -0.39 is 0 Å². The average Bonchev–Trinajstić information content (AvgIpc) is 3.34. The van der Waals surface area contributed by atoms with E-state index >= 15 is 0 Å². The maximum absolute atomic E-state index is 12.6. The topological polar surface area (TPSA) is 113 Å². The van der Waals surface area contributed by atoms with Crippen LogP contribution in [0.3, 0.4) is 0 Å². The van der Waals surface area contributed by atoms with E-state index in [-0.39, 0.29) is 28.6 Å². The van der Waals surface area contributed by atoms with Crippen molar-refractivity contribution in [2.45, 2.75) is 39.3 Å². The Hall–Kier alpha value is -3.53. The summed E-state index contributed by atoms with van der Waals surface area (Å²) in [6.45, 7) is 8.80. The molecule has 3 rings (SSSR count). The van der Waals surface area contributed by atoms with Crippen LogP contribution in [-0.4, -0.2) is 47.5 Å². The normalized spacial score (nSPS) is 10.6. The number of ketones is 1. The van der Waals surface area contributed by atoms with Crippen LogP contribution in [0.15, 0.2) is 46.0 Å². The number of benzene rings is 2. The molecule has 0 aliphatic rings. The largest absolute Gasteiger partial charge is 0.490 e. The number of anilines is 1. The fourth-order valence-corrected chi connectivity index (χ4v) is 3.75. The Morgan fingerprint density at radius 2 is 1.54 bits per heavy atom. The minimum Gasteiger partial charge on any atom is -0.490 e. The van der Waals surface area contributed by atoms with E-state index in [2.05, 4.69) is 15.5 Å². The third-order valence-electron chi connectivity index (χ3n) is 4.70. The highest BCUT2D eigenvalue weighted by atomic mass is 32.2. The fourth-order valence-electron chi connectivity index (χ4n) is 3.10. The van der Waals surface area contributed by atoms with Crippen LogP contribution in [0.4, 0.5) is 5.69 Å². The van der Waals surface area contributed by atoms with Crippen LogP contribution in [0.2, 0.25) is 0 Å². The molecule has 3 aromatic rings. The van der Waals surface area contributed by atoms with Crippen LogP contribution >= 0.6 is 11.8 Å². The van der Waals surface area contributed by atoms with Crippen molar-refractivity contribution < 1.29 is 28.2 Å². The molecule has 0 aliphatic carbocycles. The van der Waals surface area contributed by atoms with Gasteiger partial charge in [0.1, 0.15) is 0 Å². The maximum atomic E-state index is 12.6. The lowest BCUT2D eigenvalue weighted by Gasteiger charge is -2.16. The van der Waals surface area contributed by atoms with Crippen molar-refractivity contribution in [3.63, 3.8) is 0 Å². The van der Waals surface area contributed by atoms with Gasteiger partial charge in [-0.2, -0.15) is 0 Å². The highest BCUT2D eigenvalue weighted by Crippen LogP contribution is 2.42. The second kappa shape index (κ2) is 12.8. The first-order valence-corrected chi connectivity index (χ1v) is 12.4. The molecule has 0 radical (unpaired) electrons. The minimum absolute atomic E-state index is 0.0823. The zero-order valence-corrected chi connectivity index (χ0v) is 21.1. The Labute approximate surface area is 208 Å². The maximum Gasteiger partial charge on any atom is 0.277 e. The van der Waals surface area contributed by atoms with Gasteiger partial charge in [0.25, 0.3) is 5.22 Å². The van der Waals surface area contributed by atoms with Gasteiger partial charge in [-0.3, -0.25) is 9.59 Å². The number of amides is 1. The third-order valence-corrected chi connectivity index (χ3v) is 5.52. The molecule has 0 unspecified atom stereocenters. The van der Waals surface area contributed by atoms with Crippen molar-refractivity contribution >= 4 is 29.1 Å². The molecule has 1 aromatic heterocycles. The minimum atomic E-state index is -0.0959. The van der Waals surface area contributed by atoms with E-state index in [9.17, 15) is 9.59 Å². The predicted molar refractivity (Wildman–Crippen MR) is 134 cm³/mol. The van der Waals surface area contributed by atoms with Crippen molar-refractivity contribution in [1.82, 2.24) is 10.2 Å². The number of carbonyl (C=O) groups is 2. The number of hydrogen-bond donors (Lipinski definition) is 1. The van der Waals surface area contributed by atoms with E-state index in [1.165, 1.54) is 0 Å². The summed E-state index contributed by atoms with van der Waals surface area (Å²) in [5, 5.41) is 11.2.